The van der Waals surface area contributed by atoms with Crippen molar-refractivity contribution in [2.24, 2.45) is 0 Å². The molecule has 4 nitrogen and oxygen atoms in total. The molecular weight excluding hydrogens is 216 g/mol. The lowest BCUT2D eigenvalue weighted by Crippen LogP contribution is -2.21. The normalized spacial score (nSPS) is 8.88. The number of nitrogens with zero attached hydrogens (tertiary/aromatic N) is 1. The number of nitrogens with one attached hydrogen (secondary N) is 1. The summed E-state index contributed by atoms with van der Waals surface area (Å²) in [4.78, 5) is 24.1. The van der Waals surface area contributed by atoms with E-state index in [0.717, 1.165) is 0 Å². The van der Waals surface area contributed by atoms with E-state index in [2.05, 4.69) is 17.2 Å². The summed E-state index contributed by atoms with van der Waals surface area (Å²) in [5, 5.41) is 2.40. The third-order valence-electron chi connectivity index (χ3n) is 2.06. The summed E-state index contributed by atoms with van der Waals surface area (Å²) in [6.45, 7) is 0. The Morgan fingerprint density at radius 1 is 1.29 bits per heavy atom. The van der Waals surface area contributed by atoms with Gasteiger partial charge in [-0.05, 0) is 18.2 Å². The first kappa shape index (κ1) is 12.8. The minimum atomic E-state index is -0.352. The maximum absolute atomic E-state index is 11.7. The third-order valence-corrected chi connectivity index (χ3v) is 2.06. The first-order chi connectivity index (χ1) is 8.04. The van der Waals surface area contributed by atoms with Gasteiger partial charge in [0, 0.05) is 38.2 Å². The van der Waals surface area contributed by atoms with E-state index in [9.17, 15) is 9.59 Å². The maximum atomic E-state index is 11.7. The van der Waals surface area contributed by atoms with E-state index in [0.29, 0.717) is 11.1 Å². The van der Waals surface area contributed by atoms with Gasteiger partial charge in [-0.3, -0.25) is 9.59 Å². The van der Waals surface area contributed by atoms with Crippen molar-refractivity contribution in [3.05, 3.63) is 35.4 Å². The van der Waals surface area contributed by atoms with Gasteiger partial charge in [-0.1, -0.05) is 12.0 Å². The predicted octanol–water partition coefficient (Wildman–Crippen LogP) is 0.486. The fourth-order valence-electron chi connectivity index (χ4n) is 1.18. The van der Waals surface area contributed by atoms with Gasteiger partial charge in [-0.15, -0.1) is 0 Å². The Morgan fingerprint density at radius 2 is 2.00 bits per heavy atom. The number of carbonyl (C=O) groups is 2. The molecule has 1 rings (SSSR count). The van der Waals surface area contributed by atoms with Crippen LogP contribution >= 0.6 is 0 Å². The van der Waals surface area contributed by atoms with Gasteiger partial charge in [-0.25, -0.2) is 0 Å². The van der Waals surface area contributed by atoms with Gasteiger partial charge in [0.2, 0.25) is 0 Å². The molecule has 0 unspecified atom stereocenters. The van der Waals surface area contributed by atoms with Crippen LogP contribution in [0, 0.1) is 11.8 Å². The molecule has 17 heavy (non-hydrogen) atoms. The number of carbonyl (C=O) groups excluding carboxylic acids is 2. The topological polar surface area (TPSA) is 49.4 Å². The second-order valence-corrected chi connectivity index (χ2v) is 3.61. The van der Waals surface area contributed by atoms with E-state index >= 15 is 0 Å². The average molecular weight is 230 g/mol. The quantitative estimate of drug-likeness (QED) is 0.714. The van der Waals surface area contributed by atoms with Crippen molar-refractivity contribution < 1.29 is 9.59 Å². The molecule has 2 amide bonds. The first-order valence-electron chi connectivity index (χ1n) is 5.10. The largest absolute Gasteiger partial charge is 0.348 e. The summed E-state index contributed by atoms with van der Waals surface area (Å²) < 4.78 is 0. The van der Waals surface area contributed by atoms with Gasteiger partial charge in [0.1, 0.15) is 0 Å². The second kappa shape index (κ2) is 5.71. The van der Waals surface area contributed by atoms with Crippen LogP contribution in [0.1, 0.15) is 15.9 Å². The third kappa shape index (κ3) is 3.65. The molecule has 0 spiro atoms. The Hall–Kier alpha value is -2.28. The first-order valence-corrected chi connectivity index (χ1v) is 5.10. The molecule has 0 aliphatic heterocycles. The summed E-state index contributed by atoms with van der Waals surface area (Å²) >= 11 is 0. The average Bonchev–Trinajstić information content (AvgIpc) is 2.35. The van der Waals surface area contributed by atoms with Crippen LogP contribution in [0.15, 0.2) is 24.3 Å². The van der Waals surface area contributed by atoms with Crippen molar-refractivity contribution in [2.75, 3.05) is 21.1 Å². The standard InChI is InChI=1S/C13H14N2O2/c1-14-12(16)8-7-10-5-4-6-11(9-10)13(17)15(2)3/h4-6,9H,1-3H3,(H,14,16). The molecule has 1 aromatic carbocycles. The Morgan fingerprint density at radius 3 is 2.59 bits per heavy atom. The van der Waals surface area contributed by atoms with E-state index in [1.54, 1.807) is 38.4 Å². The van der Waals surface area contributed by atoms with Crippen LogP contribution in [0.25, 0.3) is 0 Å². The molecule has 0 aliphatic rings. The van der Waals surface area contributed by atoms with Crippen LogP contribution in [0.2, 0.25) is 0 Å². The van der Waals surface area contributed by atoms with Gasteiger partial charge < -0.3 is 10.2 Å². The highest BCUT2D eigenvalue weighted by Crippen LogP contribution is 2.06. The summed E-state index contributed by atoms with van der Waals surface area (Å²) in [6, 6.07) is 6.87. The van der Waals surface area contributed by atoms with Crippen LogP contribution in [-0.4, -0.2) is 37.9 Å². The van der Waals surface area contributed by atoms with Gasteiger partial charge in [0.25, 0.3) is 11.8 Å². The van der Waals surface area contributed by atoms with Gasteiger partial charge >= 0.3 is 0 Å². The van der Waals surface area contributed by atoms with Crippen molar-refractivity contribution in [1.29, 1.82) is 0 Å². The van der Waals surface area contributed by atoms with Crippen molar-refractivity contribution in [2.45, 2.75) is 0 Å². The fourth-order valence-corrected chi connectivity index (χ4v) is 1.18. The Kier molecular flexibility index (Phi) is 4.29. The highest BCUT2D eigenvalue weighted by atomic mass is 16.2. The summed E-state index contributed by atoms with van der Waals surface area (Å²) in [7, 11) is 4.89. The molecule has 88 valence electrons. The SMILES string of the molecule is CNC(=O)C#Cc1cccc(C(=O)N(C)C)c1. The highest BCUT2D eigenvalue weighted by Gasteiger charge is 2.07. The Labute approximate surface area is 101 Å². The van der Waals surface area contributed by atoms with E-state index in [-0.39, 0.29) is 11.8 Å². The molecule has 0 atom stereocenters. The van der Waals surface area contributed by atoms with E-state index in [1.165, 1.54) is 11.9 Å². The maximum Gasteiger partial charge on any atom is 0.295 e. The van der Waals surface area contributed by atoms with E-state index in [1.807, 2.05) is 0 Å². The molecule has 1 aromatic rings. The van der Waals surface area contributed by atoms with Crippen molar-refractivity contribution in [3.8, 4) is 11.8 Å². The number of amides is 2. The van der Waals surface area contributed by atoms with Crippen LogP contribution < -0.4 is 5.32 Å². The van der Waals surface area contributed by atoms with E-state index in [4.69, 9.17) is 0 Å². The fraction of sp³-hybridized carbons (Fsp3) is 0.231. The Bertz CT molecular complexity index is 496. The van der Waals surface area contributed by atoms with Crippen molar-refractivity contribution in [3.63, 3.8) is 0 Å². The molecule has 0 saturated heterocycles. The van der Waals surface area contributed by atoms with Crippen molar-refractivity contribution in [1.82, 2.24) is 10.2 Å². The minimum Gasteiger partial charge on any atom is -0.348 e. The van der Waals surface area contributed by atoms with Crippen molar-refractivity contribution >= 4 is 11.8 Å². The molecular formula is C13H14N2O2. The molecule has 0 aliphatic carbocycles. The summed E-state index contributed by atoms with van der Waals surface area (Å²) in [6.07, 6.45) is 0. The monoisotopic (exact) mass is 230 g/mol. The van der Waals surface area contributed by atoms with Gasteiger partial charge in [0.05, 0.1) is 0 Å². The van der Waals surface area contributed by atoms with Crippen LogP contribution in [0.3, 0.4) is 0 Å². The van der Waals surface area contributed by atoms with Crippen LogP contribution in [-0.2, 0) is 4.79 Å². The van der Waals surface area contributed by atoms with Crippen LogP contribution in [0.4, 0.5) is 0 Å². The molecule has 0 heterocycles. The minimum absolute atomic E-state index is 0.0893. The lowest BCUT2D eigenvalue weighted by molar-refractivity contribution is -0.115. The Balaban J connectivity index is 2.96. The zero-order valence-corrected chi connectivity index (χ0v) is 10.1. The molecule has 4 heteroatoms. The van der Waals surface area contributed by atoms with Crippen LogP contribution in [0.5, 0.6) is 0 Å². The summed E-state index contributed by atoms with van der Waals surface area (Å²) in [5.41, 5.74) is 1.19. The number of hydrogen-bond acceptors (Lipinski definition) is 2. The number of hydrogen-bond donors (Lipinski definition) is 1. The second-order valence-electron chi connectivity index (χ2n) is 3.61. The predicted molar refractivity (Wildman–Crippen MR) is 65.4 cm³/mol. The van der Waals surface area contributed by atoms with E-state index < -0.39 is 0 Å². The molecule has 0 radical (unpaired) electrons. The molecule has 0 bridgehead atoms. The number of rotatable bonds is 1. The smallest absolute Gasteiger partial charge is 0.295 e. The molecule has 0 aromatic heterocycles. The zero-order valence-electron chi connectivity index (χ0n) is 10.1. The lowest BCUT2D eigenvalue weighted by Gasteiger charge is -2.09. The molecule has 1 N–H and O–H groups in total. The summed E-state index contributed by atoms with van der Waals surface area (Å²) in [5.74, 6) is 4.67. The zero-order chi connectivity index (χ0) is 12.8. The molecule has 0 fully saturated rings. The lowest BCUT2D eigenvalue weighted by atomic mass is 10.1. The highest BCUT2D eigenvalue weighted by molar-refractivity contribution is 5.95. The number of benzene rings is 1. The van der Waals surface area contributed by atoms with Gasteiger partial charge in [0.15, 0.2) is 0 Å². The van der Waals surface area contributed by atoms with Gasteiger partial charge in [-0.2, -0.15) is 0 Å². The molecule has 0 saturated carbocycles.